The molecule has 0 fully saturated rings. The van der Waals surface area contributed by atoms with Gasteiger partial charge in [-0.2, -0.15) is 0 Å². The van der Waals surface area contributed by atoms with Crippen molar-refractivity contribution in [3.8, 4) is 0 Å². The molecule has 1 aromatic heterocycles. The van der Waals surface area contributed by atoms with Gasteiger partial charge in [0, 0.05) is 23.4 Å². The normalized spacial score (nSPS) is 15.9. The molecule has 0 saturated heterocycles. The van der Waals surface area contributed by atoms with Crippen LogP contribution in [-0.2, 0) is 0 Å². The average Bonchev–Trinajstić information content (AvgIpc) is 2.63. The fraction of sp³-hybridized carbons (Fsp3) is 0.636. The lowest BCUT2D eigenvalue weighted by molar-refractivity contribution is 0.313. The molecule has 0 aliphatic carbocycles. The van der Waals surface area contributed by atoms with Crippen molar-refractivity contribution in [3.63, 3.8) is 0 Å². The summed E-state index contributed by atoms with van der Waals surface area (Å²) in [5, 5.41) is 16.0. The highest BCUT2D eigenvalue weighted by Crippen LogP contribution is 2.24. The van der Waals surface area contributed by atoms with Crippen LogP contribution in [-0.4, -0.2) is 22.6 Å². The lowest BCUT2D eigenvalue weighted by Crippen LogP contribution is -2.32. The van der Waals surface area contributed by atoms with Gasteiger partial charge >= 0.3 is 0 Å². The monoisotopic (exact) mass is 256 g/mol. The highest BCUT2D eigenvalue weighted by Gasteiger charge is 2.14. The summed E-state index contributed by atoms with van der Waals surface area (Å²) in [6.07, 6.45) is 0. The standard InChI is InChI=1S/C11H20N4OS/c1-6(11(12)15-16)5-13-7(2)10-8(3)14-9(4)17-10/h6-7,13,16H,5H2,1-4H3,(H2,12,15). The van der Waals surface area contributed by atoms with Gasteiger partial charge < -0.3 is 16.3 Å². The lowest BCUT2D eigenvalue weighted by Gasteiger charge is -2.16. The maximum Gasteiger partial charge on any atom is 0.143 e. The Hall–Kier alpha value is -1.14. The number of aromatic nitrogens is 1. The maximum absolute atomic E-state index is 8.56. The van der Waals surface area contributed by atoms with Crippen molar-refractivity contribution < 1.29 is 5.21 Å². The molecule has 2 atom stereocenters. The predicted molar refractivity (Wildman–Crippen MR) is 70.6 cm³/mol. The highest BCUT2D eigenvalue weighted by atomic mass is 32.1. The first-order valence-corrected chi connectivity index (χ1v) is 6.42. The zero-order valence-corrected chi connectivity index (χ0v) is 11.5. The molecule has 1 rings (SSSR count). The molecular weight excluding hydrogens is 236 g/mol. The zero-order chi connectivity index (χ0) is 13.0. The molecule has 0 spiro atoms. The molecule has 1 heterocycles. The number of nitrogens with zero attached hydrogens (tertiary/aromatic N) is 2. The number of aryl methyl sites for hydroxylation is 2. The lowest BCUT2D eigenvalue weighted by atomic mass is 10.1. The second kappa shape index (κ2) is 5.97. The number of rotatable bonds is 5. The molecule has 0 bridgehead atoms. The third-order valence-electron chi connectivity index (χ3n) is 2.68. The maximum atomic E-state index is 8.56. The van der Waals surface area contributed by atoms with Gasteiger partial charge in [-0.05, 0) is 20.8 Å². The SMILES string of the molecule is Cc1nc(C)c(C(C)NCC(C)C(N)=NO)s1. The molecule has 0 aromatic carbocycles. The molecule has 0 aliphatic heterocycles. The van der Waals surface area contributed by atoms with Gasteiger partial charge in [0.05, 0.1) is 10.7 Å². The number of hydrogen-bond donors (Lipinski definition) is 3. The zero-order valence-electron chi connectivity index (χ0n) is 10.7. The fourth-order valence-corrected chi connectivity index (χ4v) is 2.55. The second-order valence-corrected chi connectivity index (χ2v) is 5.47. The van der Waals surface area contributed by atoms with Gasteiger partial charge in [-0.25, -0.2) is 4.98 Å². The Labute approximate surface area is 106 Å². The molecule has 2 unspecified atom stereocenters. The Balaban J connectivity index is 2.56. The third-order valence-corrected chi connectivity index (χ3v) is 3.94. The molecule has 1 aromatic rings. The molecule has 0 saturated carbocycles. The van der Waals surface area contributed by atoms with Gasteiger partial charge in [-0.1, -0.05) is 12.1 Å². The number of nitrogens with two attached hydrogens (primary N) is 1. The van der Waals surface area contributed by atoms with Crippen LogP contribution >= 0.6 is 11.3 Å². The summed E-state index contributed by atoms with van der Waals surface area (Å²) in [5.41, 5.74) is 6.60. The van der Waals surface area contributed by atoms with E-state index >= 15 is 0 Å². The molecule has 0 amide bonds. The quantitative estimate of drug-likeness (QED) is 0.324. The van der Waals surface area contributed by atoms with Crippen molar-refractivity contribution >= 4 is 17.2 Å². The number of oxime groups is 1. The van der Waals surface area contributed by atoms with Crippen LogP contribution in [0.2, 0.25) is 0 Å². The van der Waals surface area contributed by atoms with E-state index in [0.29, 0.717) is 6.54 Å². The Kier molecular flexibility index (Phi) is 4.89. The van der Waals surface area contributed by atoms with Crippen LogP contribution in [0.3, 0.4) is 0 Å². The molecule has 5 nitrogen and oxygen atoms in total. The minimum atomic E-state index is 0.0109. The van der Waals surface area contributed by atoms with E-state index in [4.69, 9.17) is 10.9 Å². The molecular formula is C11H20N4OS. The smallest absolute Gasteiger partial charge is 0.143 e. The number of nitrogens with one attached hydrogen (secondary N) is 1. The summed E-state index contributed by atoms with van der Waals surface area (Å²) in [7, 11) is 0. The van der Waals surface area contributed by atoms with E-state index in [1.54, 1.807) is 11.3 Å². The van der Waals surface area contributed by atoms with Crippen molar-refractivity contribution in [1.82, 2.24) is 10.3 Å². The summed E-state index contributed by atoms with van der Waals surface area (Å²) in [4.78, 5) is 5.65. The van der Waals surface area contributed by atoms with Crippen molar-refractivity contribution in [1.29, 1.82) is 0 Å². The van der Waals surface area contributed by atoms with Crippen LogP contribution in [0.4, 0.5) is 0 Å². The summed E-state index contributed by atoms with van der Waals surface area (Å²) >= 11 is 1.70. The van der Waals surface area contributed by atoms with Crippen LogP contribution in [0.1, 0.15) is 35.5 Å². The molecule has 4 N–H and O–H groups in total. The Bertz CT molecular complexity index is 402. The minimum Gasteiger partial charge on any atom is -0.409 e. The third kappa shape index (κ3) is 3.67. The van der Waals surface area contributed by atoms with Crippen LogP contribution < -0.4 is 11.1 Å². The van der Waals surface area contributed by atoms with Crippen LogP contribution in [0.15, 0.2) is 5.16 Å². The molecule has 0 aliphatic rings. The van der Waals surface area contributed by atoms with E-state index in [2.05, 4.69) is 22.4 Å². The predicted octanol–water partition coefficient (Wildman–Crippen LogP) is 1.79. The first-order chi connectivity index (χ1) is 7.95. The summed E-state index contributed by atoms with van der Waals surface area (Å²) in [6.45, 7) is 8.71. The number of hydrogen-bond acceptors (Lipinski definition) is 5. The Morgan fingerprint density at radius 1 is 1.53 bits per heavy atom. The summed E-state index contributed by atoms with van der Waals surface area (Å²) in [5.74, 6) is 0.263. The van der Waals surface area contributed by atoms with E-state index in [-0.39, 0.29) is 17.8 Å². The van der Waals surface area contributed by atoms with Crippen LogP contribution in [0.25, 0.3) is 0 Å². The van der Waals surface area contributed by atoms with E-state index < -0.39 is 0 Å². The van der Waals surface area contributed by atoms with Gasteiger partial charge in [0.25, 0.3) is 0 Å². The van der Waals surface area contributed by atoms with Crippen molar-refractivity contribution in [2.45, 2.75) is 33.7 Å². The van der Waals surface area contributed by atoms with Gasteiger partial charge in [-0.15, -0.1) is 11.3 Å². The summed E-state index contributed by atoms with van der Waals surface area (Å²) in [6, 6.07) is 0.232. The van der Waals surface area contributed by atoms with Crippen LogP contribution in [0.5, 0.6) is 0 Å². The van der Waals surface area contributed by atoms with Crippen molar-refractivity contribution in [2.75, 3.05) is 6.54 Å². The molecule has 96 valence electrons. The van der Waals surface area contributed by atoms with Gasteiger partial charge in [-0.3, -0.25) is 0 Å². The highest BCUT2D eigenvalue weighted by molar-refractivity contribution is 7.11. The van der Waals surface area contributed by atoms with Crippen molar-refractivity contribution in [2.24, 2.45) is 16.8 Å². The fourth-order valence-electron chi connectivity index (χ4n) is 1.60. The minimum absolute atomic E-state index is 0.0109. The first kappa shape index (κ1) is 13.9. The van der Waals surface area contributed by atoms with E-state index in [1.165, 1.54) is 4.88 Å². The van der Waals surface area contributed by atoms with E-state index in [9.17, 15) is 0 Å². The van der Waals surface area contributed by atoms with Crippen LogP contribution in [0, 0.1) is 19.8 Å². The molecule has 6 heteroatoms. The number of amidine groups is 1. The van der Waals surface area contributed by atoms with E-state index in [1.807, 2.05) is 20.8 Å². The largest absolute Gasteiger partial charge is 0.409 e. The first-order valence-electron chi connectivity index (χ1n) is 5.60. The summed E-state index contributed by atoms with van der Waals surface area (Å²) < 4.78 is 0. The molecule has 0 radical (unpaired) electrons. The van der Waals surface area contributed by atoms with E-state index in [0.717, 1.165) is 10.7 Å². The van der Waals surface area contributed by atoms with Crippen molar-refractivity contribution in [3.05, 3.63) is 15.6 Å². The molecule has 17 heavy (non-hydrogen) atoms. The average molecular weight is 256 g/mol. The second-order valence-electron chi connectivity index (χ2n) is 4.24. The van der Waals surface area contributed by atoms with Gasteiger partial charge in [0.1, 0.15) is 5.84 Å². The topological polar surface area (TPSA) is 83.5 Å². The Morgan fingerprint density at radius 2 is 2.18 bits per heavy atom. The van der Waals surface area contributed by atoms with Gasteiger partial charge in [0.15, 0.2) is 0 Å². The van der Waals surface area contributed by atoms with Gasteiger partial charge in [0.2, 0.25) is 0 Å². The Morgan fingerprint density at radius 3 is 2.65 bits per heavy atom. The number of thiazole rings is 1.